The van der Waals surface area contributed by atoms with E-state index in [1.807, 2.05) is 20.8 Å². The van der Waals surface area contributed by atoms with Crippen molar-refractivity contribution in [2.75, 3.05) is 7.11 Å². The molecular formula is C11H14N2O2S. The Balaban J connectivity index is 2.76. The van der Waals surface area contributed by atoms with E-state index in [9.17, 15) is 4.79 Å². The van der Waals surface area contributed by atoms with Crippen molar-refractivity contribution in [2.45, 2.75) is 25.9 Å². The maximum Gasteiger partial charge on any atom is 0.330 e. The molecule has 1 aromatic rings. The summed E-state index contributed by atoms with van der Waals surface area (Å²) < 4.78 is 4.47. The van der Waals surface area contributed by atoms with Crippen LogP contribution in [0.3, 0.4) is 0 Å². The van der Waals surface area contributed by atoms with Crippen LogP contribution in [0.5, 0.6) is 0 Å². The van der Waals surface area contributed by atoms with Gasteiger partial charge in [-0.25, -0.2) is 14.8 Å². The number of rotatable bonds is 3. The molecular weight excluding hydrogens is 224 g/mol. The number of hydrogen-bond acceptors (Lipinski definition) is 5. The minimum Gasteiger partial charge on any atom is -0.466 e. The van der Waals surface area contributed by atoms with Gasteiger partial charge in [-0.1, -0.05) is 11.8 Å². The fourth-order valence-corrected chi connectivity index (χ4v) is 1.69. The SMILES string of the molecule is COC(=O)C=CSc1nc(C)c(C)c(C)n1. The molecule has 0 bridgehead atoms. The topological polar surface area (TPSA) is 52.1 Å². The Labute approximate surface area is 99.1 Å². The van der Waals surface area contributed by atoms with Crippen molar-refractivity contribution in [3.8, 4) is 0 Å². The molecule has 0 atom stereocenters. The van der Waals surface area contributed by atoms with Crippen LogP contribution in [-0.4, -0.2) is 23.0 Å². The molecule has 0 saturated carbocycles. The van der Waals surface area contributed by atoms with Crippen molar-refractivity contribution in [2.24, 2.45) is 0 Å². The first kappa shape index (κ1) is 12.7. The number of esters is 1. The second kappa shape index (κ2) is 5.65. The van der Waals surface area contributed by atoms with Gasteiger partial charge in [0, 0.05) is 17.5 Å². The maximum absolute atomic E-state index is 10.8. The number of hydrogen-bond donors (Lipinski definition) is 0. The first-order chi connectivity index (χ1) is 7.54. The highest BCUT2D eigenvalue weighted by atomic mass is 32.2. The summed E-state index contributed by atoms with van der Waals surface area (Å²) in [7, 11) is 1.34. The smallest absolute Gasteiger partial charge is 0.330 e. The standard InChI is InChI=1S/C11H14N2O2S/c1-7-8(2)12-11(13-9(7)3)16-6-5-10(14)15-4/h5-6H,1-4H3. The first-order valence-corrected chi connectivity index (χ1v) is 5.65. The van der Waals surface area contributed by atoms with Crippen molar-refractivity contribution < 1.29 is 9.53 Å². The number of aryl methyl sites for hydroxylation is 2. The van der Waals surface area contributed by atoms with E-state index in [-0.39, 0.29) is 5.97 Å². The largest absolute Gasteiger partial charge is 0.466 e. The van der Waals surface area contributed by atoms with Crippen LogP contribution in [0.4, 0.5) is 0 Å². The monoisotopic (exact) mass is 238 g/mol. The lowest BCUT2D eigenvalue weighted by Gasteiger charge is -2.04. The highest BCUT2D eigenvalue weighted by Gasteiger charge is 2.03. The maximum atomic E-state index is 10.8. The van der Waals surface area contributed by atoms with E-state index < -0.39 is 0 Å². The number of aromatic nitrogens is 2. The number of ether oxygens (including phenoxy) is 1. The zero-order chi connectivity index (χ0) is 12.1. The number of nitrogens with zero attached hydrogens (tertiary/aromatic N) is 2. The molecule has 0 aliphatic rings. The minimum atomic E-state index is -0.381. The molecule has 1 heterocycles. The predicted octanol–water partition coefficient (Wildman–Crippen LogP) is 2.18. The van der Waals surface area contributed by atoms with Crippen molar-refractivity contribution in [1.82, 2.24) is 9.97 Å². The van der Waals surface area contributed by atoms with Gasteiger partial charge >= 0.3 is 5.97 Å². The van der Waals surface area contributed by atoms with Crippen LogP contribution in [0.15, 0.2) is 16.6 Å². The molecule has 1 rings (SSSR count). The molecule has 16 heavy (non-hydrogen) atoms. The molecule has 0 aliphatic heterocycles. The molecule has 86 valence electrons. The summed E-state index contributed by atoms with van der Waals surface area (Å²) >= 11 is 1.30. The van der Waals surface area contributed by atoms with Crippen molar-refractivity contribution >= 4 is 17.7 Å². The molecule has 0 spiro atoms. The van der Waals surface area contributed by atoms with Gasteiger partial charge in [-0.2, -0.15) is 0 Å². The van der Waals surface area contributed by atoms with Crippen molar-refractivity contribution in [3.05, 3.63) is 28.4 Å². The Morgan fingerprint density at radius 1 is 1.25 bits per heavy atom. The molecule has 0 aromatic carbocycles. The van der Waals surface area contributed by atoms with Gasteiger partial charge in [-0.3, -0.25) is 0 Å². The number of thioether (sulfide) groups is 1. The third-order valence-corrected chi connectivity index (χ3v) is 2.86. The van der Waals surface area contributed by atoms with E-state index in [0.29, 0.717) is 5.16 Å². The fourth-order valence-electron chi connectivity index (χ4n) is 1.01. The van der Waals surface area contributed by atoms with Crippen LogP contribution in [0, 0.1) is 20.8 Å². The van der Waals surface area contributed by atoms with Gasteiger partial charge in [-0.15, -0.1) is 0 Å². The van der Waals surface area contributed by atoms with Crippen LogP contribution >= 0.6 is 11.8 Å². The average Bonchev–Trinajstić information content (AvgIpc) is 2.25. The van der Waals surface area contributed by atoms with Crippen molar-refractivity contribution in [3.63, 3.8) is 0 Å². The highest BCUT2D eigenvalue weighted by Crippen LogP contribution is 2.17. The van der Waals surface area contributed by atoms with Crippen LogP contribution < -0.4 is 0 Å². The Bertz CT molecular complexity index is 407. The van der Waals surface area contributed by atoms with Crippen LogP contribution in [0.25, 0.3) is 0 Å². The molecule has 0 amide bonds. The lowest BCUT2D eigenvalue weighted by atomic mass is 10.2. The summed E-state index contributed by atoms with van der Waals surface area (Å²) in [5.41, 5.74) is 3.02. The van der Waals surface area contributed by atoms with E-state index in [0.717, 1.165) is 17.0 Å². The summed E-state index contributed by atoms with van der Waals surface area (Å²) in [4.78, 5) is 19.4. The summed E-state index contributed by atoms with van der Waals surface area (Å²) in [6, 6.07) is 0. The fraction of sp³-hybridized carbons (Fsp3) is 0.364. The summed E-state index contributed by atoms with van der Waals surface area (Å²) in [6.45, 7) is 5.87. The number of carbonyl (C=O) groups excluding carboxylic acids is 1. The lowest BCUT2D eigenvalue weighted by Crippen LogP contribution is -1.97. The van der Waals surface area contributed by atoms with Crippen LogP contribution in [0.2, 0.25) is 0 Å². The average molecular weight is 238 g/mol. The van der Waals surface area contributed by atoms with E-state index in [2.05, 4.69) is 14.7 Å². The van der Waals surface area contributed by atoms with E-state index in [1.165, 1.54) is 24.9 Å². The molecule has 1 aromatic heterocycles. The quantitative estimate of drug-likeness (QED) is 0.349. The Kier molecular flexibility index (Phi) is 4.49. The van der Waals surface area contributed by atoms with Gasteiger partial charge in [0.2, 0.25) is 0 Å². The zero-order valence-corrected chi connectivity index (χ0v) is 10.6. The second-order valence-electron chi connectivity index (χ2n) is 3.25. The van der Waals surface area contributed by atoms with E-state index >= 15 is 0 Å². The molecule has 0 radical (unpaired) electrons. The molecule has 0 aliphatic carbocycles. The zero-order valence-electron chi connectivity index (χ0n) is 9.77. The Morgan fingerprint density at radius 2 is 1.81 bits per heavy atom. The Hall–Kier alpha value is -1.36. The van der Waals surface area contributed by atoms with Gasteiger partial charge < -0.3 is 4.74 Å². The molecule has 5 heteroatoms. The third-order valence-electron chi connectivity index (χ3n) is 2.19. The van der Waals surface area contributed by atoms with Gasteiger partial charge in [0.25, 0.3) is 0 Å². The summed E-state index contributed by atoms with van der Waals surface area (Å²) in [5, 5.41) is 2.26. The van der Waals surface area contributed by atoms with Gasteiger partial charge in [0.1, 0.15) is 0 Å². The normalized spacial score (nSPS) is 10.8. The van der Waals surface area contributed by atoms with E-state index in [4.69, 9.17) is 0 Å². The lowest BCUT2D eigenvalue weighted by molar-refractivity contribution is -0.134. The highest BCUT2D eigenvalue weighted by molar-refractivity contribution is 8.02. The van der Waals surface area contributed by atoms with E-state index in [1.54, 1.807) is 5.41 Å². The number of carbonyl (C=O) groups is 1. The Morgan fingerprint density at radius 3 is 2.31 bits per heavy atom. The summed E-state index contributed by atoms with van der Waals surface area (Å²) in [6.07, 6.45) is 1.35. The molecule has 4 nitrogen and oxygen atoms in total. The summed E-state index contributed by atoms with van der Waals surface area (Å²) in [5.74, 6) is -0.381. The van der Waals surface area contributed by atoms with Crippen LogP contribution in [-0.2, 0) is 9.53 Å². The molecule has 0 N–H and O–H groups in total. The third kappa shape index (κ3) is 3.34. The molecule has 0 saturated heterocycles. The van der Waals surface area contributed by atoms with Gasteiger partial charge in [0.05, 0.1) is 7.11 Å². The molecule has 0 fully saturated rings. The molecule has 0 unspecified atom stereocenters. The van der Waals surface area contributed by atoms with Gasteiger partial charge in [-0.05, 0) is 31.7 Å². The number of methoxy groups -OCH3 is 1. The minimum absolute atomic E-state index is 0.381. The van der Waals surface area contributed by atoms with Gasteiger partial charge in [0.15, 0.2) is 5.16 Å². The van der Waals surface area contributed by atoms with Crippen LogP contribution in [0.1, 0.15) is 17.0 Å². The first-order valence-electron chi connectivity index (χ1n) is 4.77. The second-order valence-corrected chi connectivity index (χ2v) is 4.12. The predicted molar refractivity (Wildman–Crippen MR) is 63.3 cm³/mol. The van der Waals surface area contributed by atoms with Crippen molar-refractivity contribution in [1.29, 1.82) is 0 Å².